The Balaban J connectivity index is 2.41. The molecule has 0 aliphatic rings. The molecule has 3 nitrogen and oxygen atoms in total. The minimum Gasteiger partial charge on any atom is -0.308 e. The lowest BCUT2D eigenvalue weighted by atomic mass is 10.3. The summed E-state index contributed by atoms with van der Waals surface area (Å²) in [5, 5.41) is 5.26. The summed E-state index contributed by atoms with van der Waals surface area (Å²) < 4.78 is 22.1. The highest BCUT2D eigenvalue weighted by molar-refractivity contribution is 7.90. The topological polar surface area (TPSA) is 46.2 Å². The molecule has 15 heavy (non-hydrogen) atoms. The zero-order chi connectivity index (χ0) is 11.5. The number of hydrogen-bond donors (Lipinski definition) is 1. The van der Waals surface area contributed by atoms with Crippen molar-refractivity contribution in [2.45, 2.75) is 26.4 Å². The molecule has 0 radical (unpaired) electrons. The average Bonchev–Trinajstić information content (AvgIpc) is 2.44. The van der Waals surface area contributed by atoms with Crippen molar-refractivity contribution in [1.29, 1.82) is 0 Å². The van der Waals surface area contributed by atoms with Gasteiger partial charge in [0.15, 0.2) is 0 Å². The first kappa shape index (κ1) is 12.7. The van der Waals surface area contributed by atoms with Crippen LogP contribution in [0.3, 0.4) is 0 Å². The molecule has 0 spiro atoms. The molecule has 1 heterocycles. The van der Waals surface area contributed by atoms with Crippen molar-refractivity contribution >= 4 is 21.2 Å². The standard InChI is InChI=1S/C10H17NO2S2/c1-8-4-5-14-10(8)6-11-9(2)7-15(3,12)13/h4-5,9,11H,6-7H2,1-3H3. The molecule has 0 bridgehead atoms. The maximum atomic E-state index is 11.0. The normalized spacial score (nSPS) is 14.1. The Labute approximate surface area is 95.4 Å². The van der Waals surface area contributed by atoms with Crippen LogP contribution in [0.4, 0.5) is 0 Å². The Morgan fingerprint density at radius 2 is 2.20 bits per heavy atom. The van der Waals surface area contributed by atoms with E-state index >= 15 is 0 Å². The highest BCUT2D eigenvalue weighted by Crippen LogP contribution is 2.15. The van der Waals surface area contributed by atoms with Gasteiger partial charge >= 0.3 is 0 Å². The largest absolute Gasteiger partial charge is 0.308 e. The quantitative estimate of drug-likeness (QED) is 0.859. The molecule has 1 N–H and O–H groups in total. The molecule has 1 aromatic rings. The van der Waals surface area contributed by atoms with Gasteiger partial charge < -0.3 is 5.32 Å². The molecule has 0 aromatic carbocycles. The lowest BCUT2D eigenvalue weighted by Gasteiger charge is -2.12. The summed E-state index contributed by atoms with van der Waals surface area (Å²) >= 11 is 1.70. The van der Waals surface area contributed by atoms with E-state index in [1.807, 2.05) is 12.3 Å². The molecule has 1 atom stereocenters. The highest BCUT2D eigenvalue weighted by atomic mass is 32.2. The Kier molecular flexibility index (Phi) is 4.31. The van der Waals surface area contributed by atoms with Crippen LogP contribution in [0.1, 0.15) is 17.4 Å². The van der Waals surface area contributed by atoms with E-state index in [1.165, 1.54) is 16.7 Å². The van der Waals surface area contributed by atoms with Gasteiger partial charge in [0.2, 0.25) is 0 Å². The third-order valence-electron chi connectivity index (χ3n) is 2.13. The molecule has 5 heteroatoms. The Hall–Kier alpha value is -0.390. The van der Waals surface area contributed by atoms with Crippen molar-refractivity contribution < 1.29 is 8.42 Å². The summed E-state index contributed by atoms with van der Waals surface area (Å²) in [5.74, 6) is 0.192. The molecule has 86 valence electrons. The zero-order valence-electron chi connectivity index (χ0n) is 9.28. The van der Waals surface area contributed by atoms with Crippen molar-refractivity contribution in [3.8, 4) is 0 Å². The summed E-state index contributed by atoms with van der Waals surface area (Å²) in [4.78, 5) is 1.27. The molecule has 1 aromatic heterocycles. The van der Waals surface area contributed by atoms with Crippen molar-refractivity contribution in [2.75, 3.05) is 12.0 Å². The van der Waals surface area contributed by atoms with Gasteiger partial charge in [-0.3, -0.25) is 0 Å². The summed E-state index contributed by atoms with van der Waals surface area (Å²) in [5.41, 5.74) is 1.26. The minimum atomic E-state index is -2.88. The number of rotatable bonds is 5. The maximum absolute atomic E-state index is 11.0. The molecule has 1 unspecified atom stereocenters. The molecule has 0 saturated heterocycles. The number of thiophene rings is 1. The molecule has 1 rings (SSSR count). The Morgan fingerprint density at radius 1 is 1.53 bits per heavy atom. The van der Waals surface area contributed by atoms with Gasteiger partial charge in [-0.25, -0.2) is 8.42 Å². The van der Waals surface area contributed by atoms with E-state index in [-0.39, 0.29) is 11.8 Å². The summed E-state index contributed by atoms with van der Waals surface area (Å²) in [6.07, 6.45) is 1.27. The lowest BCUT2D eigenvalue weighted by molar-refractivity contribution is 0.561. The van der Waals surface area contributed by atoms with Gasteiger partial charge in [0.05, 0.1) is 5.75 Å². The molecule has 0 amide bonds. The monoisotopic (exact) mass is 247 g/mol. The van der Waals surface area contributed by atoms with Crippen LogP contribution in [0.2, 0.25) is 0 Å². The summed E-state index contributed by atoms with van der Waals surface area (Å²) in [6, 6.07) is 2.07. The van der Waals surface area contributed by atoms with Crippen molar-refractivity contribution in [1.82, 2.24) is 5.32 Å². The minimum absolute atomic E-state index is 0.00139. The third-order valence-corrected chi connectivity index (χ3v) is 4.26. The molecule has 0 aliphatic heterocycles. The van der Waals surface area contributed by atoms with E-state index in [1.54, 1.807) is 11.3 Å². The first-order chi connectivity index (χ1) is 6.88. The van der Waals surface area contributed by atoms with Gasteiger partial charge in [0, 0.05) is 23.7 Å². The van der Waals surface area contributed by atoms with Crippen LogP contribution in [-0.2, 0) is 16.4 Å². The Morgan fingerprint density at radius 3 is 2.67 bits per heavy atom. The van der Waals surface area contributed by atoms with Crippen molar-refractivity contribution in [2.24, 2.45) is 0 Å². The van der Waals surface area contributed by atoms with Crippen LogP contribution in [0.5, 0.6) is 0 Å². The van der Waals surface area contributed by atoms with E-state index in [2.05, 4.69) is 18.3 Å². The van der Waals surface area contributed by atoms with Gasteiger partial charge in [-0.05, 0) is 30.9 Å². The highest BCUT2D eigenvalue weighted by Gasteiger charge is 2.10. The fourth-order valence-electron chi connectivity index (χ4n) is 1.37. The summed E-state index contributed by atoms with van der Waals surface area (Å²) in [6.45, 7) is 4.71. The van der Waals surface area contributed by atoms with E-state index in [0.717, 1.165) is 6.54 Å². The Bertz CT molecular complexity index is 409. The fourth-order valence-corrected chi connectivity index (χ4v) is 3.25. The fraction of sp³-hybridized carbons (Fsp3) is 0.600. The van der Waals surface area contributed by atoms with Crippen LogP contribution in [-0.4, -0.2) is 26.5 Å². The lowest BCUT2D eigenvalue weighted by Crippen LogP contribution is -2.32. The second-order valence-corrected chi connectivity index (χ2v) is 7.09. The first-order valence-electron chi connectivity index (χ1n) is 4.82. The number of aryl methyl sites for hydroxylation is 1. The van der Waals surface area contributed by atoms with Crippen LogP contribution < -0.4 is 5.32 Å². The predicted molar refractivity (Wildman–Crippen MR) is 65.1 cm³/mol. The third kappa shape index (κ3) is 4.77. The van der Waals surface area contributed by atoms with E-state index in [0.29, 0.717) is 0 Å². The zero-order valence-corrected chi connectivity index (χ0v) is 10.9. The van der Waals surface area contributed by atoms with E-state index < -0.39 is 9.84 Å². The smallest absolute Gasteiger partial charge is 0.148 e. The molecular formula is C10H17NO2S2. The van der Waals surface area contributed by atoms with Crippen LogP contribution >= 0.6 is 11.3 Å². The summed E-state index contributed by atoms with van der Waals surface area (Å²) in [7, 11) is -2.88. The van der Waals surface area contributed by atoms with Crippen molar-refractivity contribution in [3.05, 3.63) is 21.9 Å². The predicted octanol–water partition coefficient (Wildman–Crippen LogP) is 1.58. The van der Waals surface area contributed by atoms with Gasteiger partial charge in [-0.2, -0.15) is 0 Å². The number of sulfone groups is 1. The van der Waals surface area contributed by atoms with Gasteiger partial charge in [0.25, 0.3) is 0 Å². The maximum Gasteiger partial charge on any atom is 0.148 e. The van der Waals surface area contributed by atoms with E-state index in [4.69, 9.17) is 0 Å². The second-order valence-electron chi connectivity index (χ2n) is 3.90. The van der Waals surface area contributed by atoms with Crippen LogP contribution in [0.25, 0.3) is 0 Å². The molecule has 0 saturated carbocycles. The average molecular weight is 247 g/mol. The van der Waals surface area contributed by atoms with Gasteiger partial charge in [-0.15, -0.1) is 11.3 Å². The SMILES string of the molecule is Cc1ccsc1CNC(C)CS(C)(=O)=O. The first-order valence-corrected chi connectivity index (χ1v) is 7.76. The van der Waals surface area contributed by atoms with Gasteiger partial charge in [0.1, 0.15) is 9.84 Å². The number of hydrogen-bond acceptors (Lipinski definition) is 4. The molecule has 0 fully saturated rings. The van der Waals surface area contributed by atoms with Crippen molar-refractivity contribution in [3.63, 3.8) is 0 Å². The molecular weight excluding hydrogens is 230 g/mol. The second kappa shape index (κ2) is 5.09. The number of nitrogens with one attached hydrogen (secondary N) is 1. The van der Waals surface area contributed by atoms with Crippen LogP contribution in [0, 0.1) is 6.92 Å². The van der Waals surface area contributed by atoms with Gasteiger partial charge in [-0.1, -0.05) is 0 Å². The van der Waals surface area contributed by atoms with E-state index in [9.17, 15) is 8.42 Å². The molecule has 0 aliphatic carbocycles. The van der Waals surface area contributed by atoms with Crippen LogP contribution in [0.15, 0.2) is 11.4 Å².